The predicted octanol–water partition coefficient (Wildman–Crippen LogP) is 2.81. The summed E-state index contributed by atoms with van der Waals surface area (Å²) in [5, 5.41) is -0.606. The smallest absolute Gasteiger partial charge is 0.260 e. The molecule has 2 aromatic rings. The van der Waals surface area contributed by atoms with Crippen molar-refractivity contribution in [2.75, 3.05) is 19.7 Å². The highest BCUT2D eigenvalue weighted by Gasteiger charge is 2.32. The zero-order valence-electron chi connectivity index (χ0n) is 14.5. The standard InChI is InChI=1S/C19H19F2NO4S/c20-14-1-5-16(6-2-14)26-13-19(23)22-11-9-18(10-12-22)27(24,25)17-7-3-15(21)4-8-17/h1-8,18H,9-13H2. The molecular weight excluding hydrogens is 376 g/mol. The van der Waals surface area contributed by atoms with Crippen LogP contribution in [0, 0.1) is 11.6 Å². The van der Waals surface area contributed by atoms with E-state index < -0.39 is 26.7 Å². The highest BCUT2D eigenvalue weighted by Crippen LogP contribution is 2.25. The Morgan fingerprint density at radius 1 is 0.963 bits per heavy atom. The molecule has 0 unspecified atom stereocenters. The van der Waals surface area contributed by atoms with Crippen LogP contribution in [0.5, 0.6) is 5.75 Å². The first-order valence-electron chi connectivity index (χ1n) is 8.52. The number of carbonyl (C=O) groups is 1. The van der Waals surface area contributed by atoms with E-state index in [0.29, 0.717) is 31.7 Å². The van der Waals surface area contributed by atoms with Gasteiger partial charge in [0.05, 0.1) is 10.1 Å². The van der Waals surface area contributed by atoms with Crippen molar-refractivity contribution in [2.24, 2.45) is 0 Å². The molecule has 27 heavy (non-hydrogen) atoms. The summed E-state index contributed by atoms with van der Waals surface area (Å²) < 4.78 is 56.5. The van der Waals surface area contributed by atoms with Crippen molar-refractivity contribution in [1.82, 2.24) is 4.90 Å². The Bertz CT molecular complexity index is 890. The maximum atomic E-state index is 13.0. The maximum Gasteiger partial charge on any atom is 0.260 e. The first-order chi connectivity index (χ1) is 12.9. The van der Waals surface area contributed by atoms with Crippen LogP contribution in [0.4, 0.5) is 8.78 Å². The molecule has 1 saturated heterocycles. The van der Waals surface area contributed by atoms with Crippen molar-refractivity contribution in [3.63, 3.8) is 0 Å². The van der Waals surface area contributed by atoms with Crippen LogP contribution in [0.3, 0.4) is 0 Å². The lowest BCUT2D eigenvalue weighted by Gasteiger charge is -2.31. The van der Waals surface area contributed by atoms with Gasteiger partial charge < -0.3 is 9.64 Å². The molecule has 3 rings (SSSR count). The summed E-state index contributed by atoms with van der Waals surface area (Å²) in [6.07, 6.45) is 0.615. The molecule has 1 heterocycles. The Balaban J connectivity index is 1.54. The summed E-state index contributed by atoms with van der Waals surface area (Å²) >= 11 is 0. The minimum absolute atomic E-state index is 0.0910. The molecule has 1 aliphatic rings. The Hall–Kier alpha value is -2.48. The number of rotatable bonds is 5. The lowest BCUT2D eigenvalue weighted by atomic mass is 10.1. The third-order valence-corrected chi connectivity index (χ3v) is 6.83. The van der Waals surface area contributed by atoms with Crippen LogP contribution >= 0.6 is 0 Å². The zero-order chi connectivity index (χ0) is 19.4. The second kappa shape index (κ2) is 8.04. The number of sulfone groups is 1. The molecule has 0 radical (unpaired) electrons. The van der Waals surface area contributed by atoms with Gasteiger partial charge in [0.25, 0.3) is 5.91 Å². The number of amides is 1. The summed E-state index contributed by atoms with van der Waals surface area (Å²) in [4.78, 5) is 13.9. The third-order valence-electron chi connectivity index (χ3n) is 4.55. The molecule has 0 atom stereocenters. The van der Waals surface area contributed by atoms with Crippen LogP contribution in [0.25, 0.3) is 0 Å². The molecule has 5 nitrogen and oxygen atoms in total. The van der Waals surface area contributed by atoms with Crippen LogP contribution in [-0.4, -0.2) is 44.2 Å². The summed E-state index contributed by atoms with van der Waals surface area (Å²) in [5.74, 6) is -0.746. The molecule has 0 aliphatic carbocycles. The molecule has 144 valence electrons. The fraction of sp³-hybridized carbons (Fsp3) is 0.316. The van der Waals surface area contributed by atoms with Crippen LogP contribution in [0.15, 0.2) is 53.4 Å². The molecule has 0 saturated carbocycles. The molecular formula is C19H19F2NO4S. The monoisotopic (exact) mass is 395 g/mol. The average Bonchev–Trinajstić information content (AvgIpc) is 2.68. The SMILES string of the molecule is O=C(COc1ccc(F)cc1)N1CCC(S(=O)(=O)c2ccc(F)cc2)CC1. The number of hydrogen-bond donors (Lipinski definition) is 0. The molecule has 0 spiro atoms. The van der Waals surface area contributed by atoms with E-state index in [1.54, 1.807) is 4.90 Å². The van der Waals surface area contributed by atoms with Gasteiger partial charge in [-0.05, 0) is 61.4 Å². The number of ether oxygens (including phenoxy) is 1. The van der Waals surface area contributed by atoms with E-state index in [0.717, 1.165) is 12.1 Å². The number of carbonyl (C=O) groups excluding carboxylic acids is 1. The van der Waals surface area contributed by atoms with Gasteiger partial charge in [-0.2, -0.15) is 0 Å². The molecule has 8 heteroatoms. The van der Waals surface area contributed by atoms with Crippen molar-refractivity contribution >= 4 is 15.7 Å². The van der Waals surface area contributed by atoms with E-state index in [9.17, 15) is 22.0 Å². The van der Waals surface area contributed by atoms with E-state index in [4.69, 9.17) is 4.74 Å². The highest BCUT2D eigenvalue weighted by molar-refractivity contribution is 7.92. The van der Waals surface area contributed by atoms with Gasteiger partial charge >= 0.3 is 0 Å². The molecule has 1 amide bonds. The molecule has 1 fully saturated rings. The summed E-state index contributed by atoms with van der Waals surface area (Å²) in [5.41, 5.74) is 0. The van der Waals surface area contributed by atoms with Crippen molar-refractivity contribution in [1.29, 1.82) is 0 Å². The van der Waals surface area contributed by atoms with Crippen LogP contribution in [-0.2, 0) is 14.6 Å². The fourth-order valence-electron chi connectivity index (χ4n) is 3.00. The van der Waals surface area contributed by atoms with E-state index in [1.165, 1.54) is 36.4 Å². The van der Waals surface area contributed by atoms with Crippen molar-refractivity contribution in [2.45, 2.75) is 23.0 Å². The number of halogens is 2. The first-order valence-corrected chi connectivity index (χ1v) is 10.1. The third kappa shape index (κ3) is 4.63. The van der Waals surface area contributed by atoms with Gasteiger partial charge in [-0.15, -0.1) is 0 Å². The number of piperidine rings is 1. The quantitative estimate of drug-likeness (QED) is 0.731. The molecule has 0 N–H and O–H groups in total. The number of hydrogen-bond acceptors (Lipinski definition) is 4. The lowest BCUT2D eigenvalue weighted by molar-refractivity contribution is -0.134. The van der Waals surface area contributed by atoms with E-state index in [2.05, 4.69) is 0 Å². The van der Waals surface area contributed by atoms with Crippen molar-refractivity contribution in [3.05, 3.63) is 60.2 Å². The van der Waals surface area contributed by atoms with Gasteiger partial charge in [-0.25, -0.2) is 17.2 Å². The van der Waals surface area contributed by atoms with Gasteiger partial charge in [-0.3, -0.25) is 4.79 Å². The van der Waals surface area contributed by atoms with Crippen LogP contribution in [0.2, 0.25) is 0 Å². The fourth-order valence-corrected chi connectivity index (χ4v) is 4.73. The van der Waals surface area contributed by atoms with E-state index in [-0.39, 0.29) is 17.4 Å². The average molecular weight is 395 g/mol. The topological polar surface area (TPSA) is 63.7 Å². The summed E-state index contributed by atoms with van der Waals surface area (Å²) in [7, 11) is -3.56. The Morgan fingerprint density at radius 2 is 1.48 bits per heavy atom. The summed E-state index contributed by atoms with van der Waals surface area (Å²) in [6, 6.07) is 10.1. The van der Waals surface area contributed by atoms with Crippen molar-refractivity contribution in [3.8, 4) is 5.75 Å². The Labute approximate surface area is 156 Å². The van der Waals surface area contributed by atoms with E-state index in [1.807, 2.05) is 0 Å². The Kier molecular flexibility index (Phi) is 5.74. The van der Waals surface area contributed by atoms with E-state index >= 15 is 0 Å². The largest absolute Gasteiger partial charge is 0.484 e. The van der Waals surface area contributed by atoms with Crippen molar-refractivity contribution < 1.29 is 26.7 Å². The predicted molar refractivity (Wildman–Crippen MR) is 95.1 cm³/mol. The van der Waals surface area contributed by atoms with Gasteiger partial charge in [0.15, 0.2) is 16.4 Å². The number of benzene rings is 2. The first kappa shape index (κ1) is 19.3. The number of nitrogens with zero attached hydrogens (tertiary/aromatic N) is 1. The molecule has 0 bridgehead atoms. The van der Waals surface area contributed by atoms with Gasteiger partial charge in [-0.1, -0.05) is 0 Å². The minimum atomic E-state index is -3.56. The van der Waals surface area contributed by atoms with Gasteiger partial charge in [0, 0.05) is 13.1 Å². The van der Waals surface area contributed by atoms with Crippen LogP contribution < -0.4 is 4.74 Å². The van der Waals surface area contributed by atoms with Gasteiger partial charge in [0.2, 0.25) is 0 Å². The molecule has 0 aromatic heterocycles. The highest BCUT2D eigenvalue weighted by atomic mass is 32.2. The second-order valence-corrected chi connectivity index (χ2v) is 8.55. The van der Waals surface area contributed by atoms with Gasteiger partial charge in [0.1, 0.15) is 17.4 Å². The summed E-state index contributed by atoms with van der Waals surface area (Å²) in [6.45, 7) is 0.411. The second-order valence-electron chi connectivity index (χ2n) is 6.32. The Morgan fingerprint density at radius 3 is 2.04 bits per heavy atom. The molecule has 2 aromatic carbocycles. The zero-order valence-corrected chi connectivity index (χ0v) is 15.3. The minimum Gasteiger partial charge on any atom is -0.484 e. The maximum absolute atomic E-state index is 13.0. The number of likely N-dealkylation sites (tertiary alicyclic amines) is 1. The van der Waals surface area contributed by atoms with Crippen LogP contribution in [0.1, 0.15) is 12.8 Å². The molecule has 1 aliphatic heterocycles. The lowest BCUT2D eigenvalue weighted by Crippen LogP contribution is -2.44. The normalized spacial score (nSPS) is 15.6.